The van der Waals surface area contributed by atoms with Gasteiger partial charge in [0.2, 0.25) is 0 Å². The average molecular weight is 194 g/mol. The van der Waals surface area contributed by atoms with Crippen LogP contribution >= 0.6 is 0 Å². The second kappa shape index (κ2) is 4.51. The van der Waals surface area contributed by atoms with E-state index in [0.717, 1.165) is 29.6 Å². The standard InChI is InChI=1S/C14H26/c1-9(2)12-7-8-13(10(3)4)14(12)11(5)6/h7,9-11,13-14H,8H2,1-6H3. The molecular weight excluding hydrogens is 168 g/mol. The van der Waals surface area contributed by atoms with Crippen molar-refractivity contribution in [2.45, 2.75) is 48.0 Å². The minimum absolute atomic E-state index is 0.742. The lowest BCUT2D eigenvalue weighted by molar-refractivity contribution is 0.243. The number of hydrogen-bond acceptors (Lipinski definition) is 0. The SMILES string of the molecule is CC(C)C1=CCC(C(C)C)C1C(C)C. The molecule has 0 nitrogen and oxygen atoms in total. The number of rotatable bonds is 3. The van der Waals surface area contributed by atoms with Crippen molar-refractivity contribution in [2.24, 2.45) is 29.6 Å². The maximum Gasteiger partial charge on any atom is -0.0144 e. The Labute approximate surface area is 89.8 Å². The van der Waals surface area contributed by atoms with E-state index in [1.165, 1.54) is 6.42 Å². The molecule has 0 saturated heterocycles. The van der Waals surface area contributed by atoms with E-state index in [4.69, 9.17) is 0 Å². The average Bonchev–Trinajstić information content (AvgIpc) is 2.46. The fraction of sp³-hybridized carbons (Fsp3) is 0.857. The van der Waals surface area contributed by atoms with Crippen molar-refractivity contribution in [2.75, 3.05) is 0 Å². The molecule has 0 aliphatic heterocycles. The highest BCUT2D eigenvalue weighted by molar-refractivity contribution is 5.18. The molecule has 0 bridgehead atoms. The van der Waals surface area contributed by atoms with E-state index in [1.54, 1.807) is 5.57 Å². The van der Waals surface area contributed by atoms with Crippen LogP contribution in [0.1, 0.15) is 48.0 Å². The molecule has 82 valence electrons. The smallest absolute Gasteiger partial charge is 0.0144 e. The highest BCUT2D eigenvalue weighted by Crippen LogP contribution is 2.43. The van der Waals surface area contributed by atoms with Gasteiger partial charge in [-0.15, -0.1) is 0 Å². The van der Waals surface area contributed by atoms with E-state index in [1.807, 2.05) is 0 Å². The molecule has 0 spiro atoms. The largest absolute Gasteiger partial charge is 0.0845 e. The van der Waals surface area contributed by atoms with Crippen molar-refractivity contribution in [3.05, 3.63) is 11.6 Å². The molecule has 0 aromatic carbocycles. The van der Waals surface area contributed by atoms with Gasteiger partial charge in [0.15, 0.2) is 0 Å². The van der Waals surface area contributed by atoms with Gasteiger partial charge in [-0.05, 0) is 36.0 Å². The van der Waals surface area contributed by atoms with Gasteiger partial charge in [-0.25, -0.2) is 0 Å². The first-order valence-corrected chi connectivity index (χ1v) is 6.15. The molecular formula is C14H26. The molecule has 0 fully saturated rings. The van der Waals surface area contributed by atoms with Crippen LogP contribution in [0.2, 0.25) is 0 Å². The second-order valence-electron chi connectivity index (χ2n) is 5.77. The summed E-state index contributed by atoms with van der Waals surface area (Å²) < 4.78 is 0. The van der Waals surface area contributed by atoms with Crippen LogP contribution in [0.25, 0.3) is 0 Å². The van der Waals surface area contributed by atoms with Crippen LogP contribution in [0, 0.1) is 29.6 Å². The molecule has 14 heavy (non-hydrogen) atoms. The molecule has 1 aliphatic rings. The summed E-state index contributed by atoms with van der Waals surface area (Å²) in [7, 11) is 0. The Morgan fingerprint density at radius 3 is 1.93 bits per heavy atom. The Morgan fingerprint density at radius 1 is 1.00 bits per heavy atom. The van der Waals surface area contributed by atoms with E-state index in [9.17, 15) is 0 Å². The second-order valence-corrected chi connectivity index (χ2v) is 5.77. The van der Waals surface area contributed by atoms with Crippen LogP contribution in [0.4, 0.5) is 0 Å². The third-order valence-electron chi connectivity index (χ3n) is 3.71. The highest BCUT2D eigenvalue weighted by atomic mass is 14.4. The maximum atomic E-state index is 2.51. The molecule has 1 rings (SSSR count). The molecule has 1 aliphatic carbocycles. The highest BCUT2D eigenvalue weighted by Gasteiger charge is 2.34. The van der Waals surface area contributed by atoms with Crippen LogP contribution in [0.3, 0.4) is 0 Å². The van der Waals surface area contributed by atoms with Crippen molar-refractivity contribution in [1.82, 2.24) is 0 Å². The predicted molar refractivity (Wildman–Crippen MR) is 64.2 cm³/mol. The molecule has 0 radical (unpaired) electrons. The predicted octanol–water partition coefficient (Wildman–Crippen LogP) is 4.52. The summed E-state index contributed by atoms with van der Waals surface area (Å²) in [5.41, 5.74) is 1.72. The van der Waals surface area contributed by atoms with Gasteiger partial charge in [-0.2, -0.15) is 0 Å². The van der Waals surface area contributed by atoms with Gasteiger partial charge in [-0.3, -0.25) is 0 Å². The summed E-state index contributed by atoms with van der Waals surface area (Å²) in [6.07, 6.45) is 3.83. The molecule has 0 heteroatoms. The van der Waals surface area contributed by atoms with E-state index >= 15 is 0 Å². The monoisotopic (exact) mass is 194 g/mol. The Balaban J connectivity index is 2.81. The zero-order chi connectivity index (χ0) is 10.9. The van der Waals surface area contributed by atoms with Gasteiger partial charge in [0, 0.05) is 0 Å². The zero-order valence-electron chi connectivity index (χ0n) is 10.7. The van der Waals surface area contributed by atoms with Crippen molar-refractivity contribution >= 4 is 0 Å². The Hall–Kier alpha value is -0.260. The fourth-order valence-corrected chi connectivity index (χ4v) is 2.99. The number of allylic oxidation sites excluding steroid dienone is 2. The molecule has 0 N–H and O–H groups in total. The van der Waals surface area contributed by atoms with Gasteiger partial charge in [0.25, 0.3) is 0 Å². The van der Waals surface area contributed by atoms with Crippen LogP contribution in [0.15, 0.2) is 11.6 Å². The molecule has 0 saturated carbocycles. The van der Waals surface area contributed by atoms with Crippen molar-refractivity contribution in [3.8, 4) is 0 Å². The van der Waals surface area contributed by atoms with Gasteiger partial charge < -0.3 is 0 Å². The van der Waals surface area contributed by atoms with E-state index in [-0.39, 0.29) is 0 Å². The maximum absolute atomic E-state index is 2.51. The first-order valence-electron chi connectivity index (χ1n) is 6.15. The lowest BCUT2D eigenvalue weighted by Crippen LogP contribution is -2.23. The van der Waals surface area contributed by atoms with E-state index in [0.29, 0.717) is 0 Å². The molecule has 0 aromatic heterocycles. The fourth-order valence-electron chi connectivity index (χ4n) is 2.99. The summed E-state index contributed by atoms with van der Waals surface area (Å²) in [4.78, 5) is 0. The minimum Gasteiger partial charge on any atom is -0.0845 e. The normalized spacial score (nSPS) is 27.9. The third-order valence-corrected chi connectivity index (χ3v) is 3.71. The first-order chi connectivity index (χ1) is 6.45. The van der Waals surface area contributed by atoms with Crippen LogP contribution in [0.5, 0.6) is 0 Å². The first kappa shape index (κ1) is 11.8. The van der Waals surface area contributed by atoms with Crippen LogP contribution < -0.4 is 0 Å². The lowest BCUT2D eigenvalue weighted by Gasteiger charge is -2.30. The molecule has 2 unspecified atom stereocenters. The summed E-state index contributed by atoms with van der Waals surface area (Å²) in [5, 5.41) is 0. The van der Waals surface area contributed by atoms with Gasteiger partial charge in [0.1, 0.15) is 0 Å². The Morgan fingerprint density at radius 2 is 1.57 bits per heavy atom. The Bertz CT molecular complexity index is 208. The summed E-state index contributed by atoms with van der Waals surface area (Å²) in [5.74, 6) is 4.11. The van der Waals surface area contributed by atoms with Gasteiger partial charge in [-0.1, -0.05) is 53.2 Å². The minimum atomic E-state index is 0.742. The zero-order valence-corrected chi connectivity index (χ0v) is 10.7. The van der Waals surface area contributed by atoms with Crippen molar-refractivity contribution in [1.29, 1.82) is 0 Å². The van der Waals surface area contributed by atoms with E-state index < -0.39 is 0 Å². The van der Waals surface area contributed by atoms with Gasteiger partial charge >= 0.3 is 0 Å². The van der Waals surface area contributed by atoms with Crippen molar-refractivity contribution in [3.63, 3.8) is 0 Å². The summed E-state index contributed by atoms with van der Waals surface area (Å²) in [6, 6.07) is 0. The van der Waals surface area contributed by atoms with Crippen molar-refractivity contribution < 1.29 is 0 Å². The molecule has 0 heterocycles. The Kier molecular flexibility index (Phi) is 3.80. The molecule has 0 amide bonds. The number of hydrogen-bond donors (Lipinski definition) is 0. The molecule has 2 atom stereocenters. The van der Waals surface area contributed by atoms with E-state index in [2.05, 4.69) is 47.6 Å². The van der Waals surface area contributed by atoms with Gasteiger partial charge in [0.05, 0.1) is 0 Å². The lowest BCUT2D eigenvalue weighted by atomic mass is 9.74. The third kappa shape index (κ3) is 2.21. The quantitative estimate of drug-likeness (QED) is 0.580. The topological polar surface area (TPSA) is 0 Å². The summed E-state index contributed by atoms with van der Waals surface area (Å²) in [6.45, 7) is 14.2. The van der Waals surface area contributed by atoms with Crippen LogP contribution in [-0.4, -0.2) is 0 Å². The van der Waals surface area contributed by atoms with Crippen LogP contribution in [-0.2, 0) is 0 Å². The summed E-state index contributed by atoms with van der Waals surface area (Å²) >= 11 is 0. The molecule has 0 aromatic rings.